The fraction of sp³-hybridized carbons (Fsp3) is 0.786. The third kappa shape index (κ3) is 3.09. The van der Waals surface area contributed by atoms with Gasteiger partial charge in [0.05, 0.1) is 0 Å². The molecule has 0 saturated carbocycles. The van der Waals surface area contributed by atoms with Gasteiger partial charge in [-0.25, -0.2) is 0 Å². The molecule has 96 valence electrons. The van der Waals surface area contributed by atoms with E-state index in [1.807, 2.05) is 11.0 Å². The number of carbonyl (C=O) groups excluding carboxylic acids is 1. The Morgan fingerprint density at radius 1 is 1.41 bits per heavy atom. The molecule has 0 spiro atoms. The SMILES string of the molecule is C=CC1CC(=O)N(CCN2CCCCC2C)C1. The molecule has 2 aliphatic rings. The van der Waals surface area contributed by atoms with Crippen LogP contribution in [0.1, 0.15) is 32.6 Å². The fourth-order valence-corrected chi connectivity index (χ4v) is 2.92. The second kappa shape index (κ2) is 5.67. The average Bonchev–Trinajstić information content (AvgIpc) is 2.69. The van der Waals surface area contributed by atoms with Crippen molar-refractivity contribution >= 4 is 5.91 Å². The molecule has 3 nitrogen and oxygen atoms in total. The van der Waals surface area contributed by atoms with Gasteiger partial charge >= 0.3 is 0 Å². The number of hydrogen-bond donors (Lipinski definition) is 0. The third-order valence-corrected chi connectivity index (χ3v) is 4.18. The van der Waals surface area contributed by atoms with Crippen molar-refractivity contribution in [3.8, 4) is 0 Å². The van der Waals surface area contributed by atoms with Gasteiger partial charge in [0.15, 0.2) is 0 Å². The van der Waals surface area contributed by atoms with Crippen LogP contribution in [0.25, 0.3) is 0 Å². The van der Waals surface area contributed by atoms with Crippen molar-refractivity contribution in [2.24, 2.45) is 5.92 Å². The molecule has 2 fully saturated rings. The molecule has 0 aliphatic carbocycles. The van der Waals surface area contributed by atoms with E-state index in [2.05, 4.69) is 18.4 Å². The van der Waals surface area contributed by atoms with Gasteiger partial charge in [-0.15, -0.1) is 6.58 Å². The van der Waals surface area contributed by atoms with Gasteiger partial charge in [0.25, 0.3) is 0 Å². The van der Waals surface area contributed by atoms with Crippen LogP contribution in [0.5, 0.6) is 0 Å². The van der Waals surface area contributed by atoms with Crippen LogP contribution in [-0.4, -0.2) is 47.9 Å². The Kier molecular flexibility index (Phi) is 4.21. The molecule has 2 atom stereocenters. The van der Waals surface area contributed by atoms with E-state index in [-0.39, 0.29) is 0 Å². The van der Waals surface area contributed by atoms with Crippen LogP contribution in [0, 0.1) is 5.92 Å². The van der Waals surface area contributed by atoms with Gasteiger partial charge in [-0.05, 0) is 26.3 Å². The highest BCUT2D eigenvalue weighted by Crippen LogP contribution is 2.20. The summed E-state index contributed by atoms with van der Waals surface area (Å²) in [6, 6.07) is 0.691. The summed E-state index contributed by atoms with van der Waals surface area (Å²) in [5.41, 5.74) is 0. The fourth-order valence-electron chi connectivity index (χ4n) is 2.92. The van der Waals surface area contributed by atoms with Crippen LogP contribution in [0.3, 0.4) is 0 Å². The Balaban J connectivity index is 1.78. The zero-order valence-electron chi connectivity index (χ0n) is 10.9. The molecule has 2 aliphatic heterocycles. The second-order valence-corrected chi connectivity index (χ2v) is 5.42. The number of likely N-dealkylation sites (tertiary alicyclic amines) is 2. The van der Waals surface area contributed by atoms with Crippen molar-refractivity contribution in [1.82, 2.24) is 9.80 Å². The Hall–Kier alpha value is -0.830. The predicted octanol–water partition coefficient (Wildman–Crippen LogP) is 1.90. The molecule has 2 saturated heterocycles. The van der Waals surface area contributed by atoms with Crippen LogP contribution in [0.2, 0.25) is 0 Å². The zero-order chi connectivity index (χ0) is 12.3. The molecule has 0 aromatic heterocycles. The highest BCUT2D eigenvalue weighted by Gasteiger charge is 2.28. The van der Waals surface area contributed by atoms with Crippen molar-refractivity contribution < 1.29 is 4.79 Å². The minimum atomic E-state index is 0.305. The first-order valence-corrected chi connectivity index (χ1v) is 6.85. The first-order chi connectivity index (χ1) is 8.20. The van der Waals surface area contributed by atoms with E-state index in [0.717, 1.165) is 19.6 Å². The molecule has 0 N–H and O–H groups in total. The Bertz CT molecular complexity index is 290. The summed E-state index contributed by atoms with van der Waals surface area (Å²) in [6.45, 7) is 10.1. The normalized spacial score (nSPS) is 30.9. The lowest BCUT2D eigenvalue weighted by atomic mass is 10.0. The predicted molar refractivity (Wildman–Crippen MR) is 69.8 cm³/mol. The van der Waals surface area contributed by atoms with Gasteiger partial charge in [0, 0.05) is 38.0 Å². The lowest BCUT2D eigenvalue weighted by Gasteiger charge is -2.34. The molecular weight excluding hydrogens is 212 g/mol. The summed E-state index contributed by atoms with van der Waals surface area (Å²) < 4.78 is 0. The number of carbonyl (C=O) groups is 1. The van der Waals surface area contributed by atoms with Crippen molar-refractivity contribution in [3.05, 3.63) is 12.7 Å². The number of amides is 1. The number of hydrogen-bond acceptors (Lipinski definition) is 2. The monoisotopic (exact) mass is 236 g/mol. The molecule has 17 heavy (non-hydrogen) atoms. The van der Waals surface area contributed by atoms with E-state index in [9.17, 15) is 4.79 Å². The molecule has 0 aromatic carbocycles. The first kappa shape index (κ1) is 12.6. The van der Waals surface area contributed by atoms with E-state index in [1.165, 1.54) is 25.8 Å². The maximum absolute atomic E-state index is 11.8. The van der Waals surface area contributed by atoms with Crippen molar-refractivity contribution in [3.63, 3.8) is 0 Å². The lowest BCUT2D eigenvalue weighted by molar-refractivity contribution is -0.128. The highest BCUT2D eigenvalue weighted by molar-refractivity contribution is 5.78. The van der Waals surface area contributed by atoms with Gasteiger partial charge in [-0.2, -0.15) is 0 Å². The summed E-state index contributed by atoms with van der Waals surface area (Å²) in [5.74, 6) is 0.681. The number of nitrogens with zero attached hydrogens (tertiary/aromatic N) is 2. The minimum absolute atomic E-state index is 0.305. The molecular formula is C14H24N2O. The van der Waals surface area contributed by atoms with E-state index in [0.29, 0.717) is 24.3 Å². The molecule has 2 heterocycles. The Morgan fingerprint density at radius 3 is 2.88 bits per heavy atom. The van der Waals surface area contributed by atoms with Crippen LogP contribution in [0.4, 0.5) is 0 Å². The average molecular weight is 236 g/mol. The van der Waals surface area contributed by atoms with Crippen LogP contribution in [-0.2, 0) is 4.79 Å². The third-order valence-electron chi connectivity index (χ3n) is 4.18. The molecule has 0 aromatic rings. The van der Waals surface area contributed by atoms with Crippen molar-refractivity contribution in [1.29, 1.82) is 0 Å². The number of rotatable bonds is 4. The molecule has 1 amide bonds. The van der Waals surface area contributed by atoms with Gasteiger partial charge in [-0.1, -0.05) is 12.5 Å². The van der Waals surface area contributed by atoms with Crippen LogP contribution >= 0.6 is 0 Å². The topological polar surface area (TPSA) is 23.6 Å². The molecule has 2 rings (SSSR count). The maximum Gasteiger partial charge on any atom is 0.223 e. The molecule has 0 radical (unpaired) electrons. The summed E-state index contributed by atoms with van der Waals surface area (Å²) >= 11 is 0. The zero-order valence-corrected chi connectivity index (χ0v) is 10.9. The maximum atomic E-state index is 11.8. The van der Waals surface area contributed by atoms with Crippen molar-refractivity contribution in [2.75, 3.05) is 26.2 Å². The van der Waals surface area contributed by atoms with Gasteiger partial charge in [-0.3, -0.25) is 9.69 Å². The van der Waals surface area contributed by atoms with E-state index >= 15 is 0 Å². The van der Waals surface area contributed by atoms with Gasteiger partial charge in [0.2, 0.25) is 5.91 Å². The smallest absolute Gasteiger partial charge is 0.223 e. The van der Waals surface area contributed by atoms with Crippen LogP contribution in [0.15, 0.2) is 12.7 Å². The summed E-state index contributed by atoms with van der Waals surface area (Å²) in [6.07, 6.45) is 6.57. The Morgan fingerprint density at radius 2 is 2.24 bits per heavy atom. The van der Waals surface area contributed by atoms with Gasteiger partial charge < -0.3 is 4.90 Å². The molecule has 0 bridgehead atoms. The highest BCUT2D eigenvalue weighted by atomic mass is 16.2. The second-order valence-electron chi connectivity index (χ2n) is 5.42. The van der Waals surface area contributed by atoms with E-state index < -0.39 is 0 Å². The lowest BCUT2D eigenvalue weighted by Crippen LogP contribution is -2.42. The largest absolute Gasteiger partial charge is 0.341 e. The minimum Gasteiger partial charge on any atom is -0.341 e. The molecule has 2 unspecified atom stereocenters. The van der Waals surface area contributed by atoms with E-state index in [1.54, 1.807) is 0 Å². The van der Waals surface area contributed by atoms with Crippen LogP contribution < -0.4 is 0 Å². The quantitative estimate of drug-likeness (QED) is 0.696. The van der Waals surface area contributed by atoms with E-state index in [4.69, 9.17) is 0 Å². The standard InChI is InChI=1S/C14H24N2O/c1-3-13-10-14(17)16(11-13)9-8-15-7-5-4-6-12(15)2/h3,12-13H,1,4-11H2,2H3. The summed E-state index contributed by atoms with van der Waals surface area (Å²) in [5, 5.41) is 0. The molecule has 3 heteroatoms. The van der Waals surface area contributed by atoms with Crippen molar-refractivity contribution in [2.45, 2.75) is 38.6 Å². The Labute approximate surface area is 104 Å². The number of piperidine rings is 1. The summed E-state index contributed by atoms with van der Waals surface area (Å²) in [7, 11) is 0. The summed E-state index contributed by atoms with van der Waals surface area (Å²) in [4.78, 5) is 16.3. The first-order valence-electron chi connectivity index (χ1n) is 6.85. The van der Waals surface area contributed by atoms with Gasteiger partial charge in [0.1, 0.15) is 0 Å².